The third kappa shape index (κ3) is 4.15. The molecule has 7 heteroatoms. The van der Waals surface area contributed by atoms with Crippen LogP contribution in [-0.4, -0.2) is 34.3 Å². The average molecular weight is 405 g/mol. The van der Waals surface area contributed by atoms with Gasteiger partial charge in [0.2, 0.25) is 5.91 Å². The second-order valence-corrected chi connectivity index (χ2v) is 7.05. The van der Waals surface area contributed by atoms with Gasteiger partial charge in [-0.3, -0.25) is 9.59 Å². The van der Waals surface area contributed by atoms with Crippen LogP contribution in [0.3, 0.4) is 0 Å². The molecule has 2 N–H and O–H groups in total. The summed E-state index contributed by atoms with van der Waals surface area (Å²) in [5.74, 6) is 0.0147. The average Bonchev–Trinajstić information content (AvgIpc) is 3.26. The zero-order chi connectivity index (χ0) is 21.1. The van der Waals surface area contributed by atoms with E-state index in [-0.39, 0.29) is 17.4 Å². The molecule has 6 nitrogen and oxygen atoms in total. The molecule has 0 aliphatic carbocycles. The number of aromatic nitrogens is 1. The maximum absolute atomic E-state index is 13.0. The normalized spacial score (nSPS) is 15.8. The number of carbonyl (C=O) groups excluding carboxylic acids is 2. The van der Waals surface area contributed by atoms with Crippen LogP contribution in [0.15, 0.2) is 66.7 Å². The third-order valence-electron chi connectivity index (χ3n) is 5.01. The van der Waals surface area contributed by atoms with Crippen molar-refractivity contribution in [2.24, 2.45) is 5.73 Å². The summed E-state index contributed by atoms with van der Waals surface area (Å²) < 4.78 is 18.7. The molecule has 1 atom stereocenters. The lowest BCUT2D eigenvalue weighted by molar-refractivity contribution is -0.121. The lowest BCUT2D eigenvalue weighted by Crippen LogP contribution is -2.43. The summed E-state index contributed by atoms with van der Waals surface area (Å²) in [6, 6.07) is 17.6. The van der Waals surface area contributed by atoms with E-state index < -0.39 is 11.9 Å². The number of rotatable bonds is 5. The number of nitrogens with zero attached hydrogens (tertiary/aromatic N) is 2. The zero-order valence-electron chi connectivity index (χ0n) is 16.1. The largest absolute Gasteiger partial charge is 0.457 e. The molecule has 2 amide bonds. The molecule has 3 aromatic rings. The van der Waals surface area contributed by atoms with Crippen molar-refractivity contribution in [2.45, 2.75) is 18.9 Å². The molecule has 1 fully saturated rings. The SMILES string of the molecule is NC(=O)[C@@H]1CCCN1C(=O)c1cccc(-c2ccc(Oc3ccc(F)cc3)cc2)n1. The van der Waals surface area contributed by atoms with Gasteiger partial charge in [0.25, 0.3) is 5.91 Å². The second-order valence-electron chi connectivity index (χ2n) is 7.05. The molecule has 0 spiro atoms. The minimum absolute atomic E-state index is 0.271. The highest BCUT2D eigenvalue weighted by Crippen LogP contribution is 2.26. The number of benzene rings is 2. The first-order chi connectivity index (χ1) is 14.5. The Morgan fingerprint density at radius 1 is 1.00 bits per heavy atom. The summed E-state index contributed by atoms with van der Waals surface area (Å²) in [4.78, 5) is 30.4. The Kier molecular flexibility index (Phi) is 5.43. The predicted octanol–water partition coefficient (Wildman–Crippen LogP) is 3.77. The topological polar surface area (TPSA) is 85.5 Å². The molecule has 152 valence electrons. The molecule has 30 heavy (non-hydrogen) atoms. The number of primary amides is 1. The van der Waals surface area contributed by atoms with E-state index in [0.717, 1.165) is 12.0 Å². The van der Waals surface area contributed by atoms with Crippen molar-refractivity contribution < 1.29 is 18.7 Å². The highest BCUT2D eigenvalue weighted by Gasteiger charge is 2.33. The molecule has 1 aliphatic rings. The Morgan fingerprint density at radius 2 is 1.67 bits per heavy atom. The molecule has 2 aromatic carbocycles. The summed E-state index contributed by atoms with van der Waals surface area (Å²) in [6.45, 7) is 0.494. The third-order valence-corrected chi connectivity index (χ3v) is 5.01. The van der Waals surface area contributed by atoms with Crippen molar-refractivity contribution >= 4 is 11.8 Å². The number of halogens is 1. The van der Waals surface area contributed by atoms with Gasteiger partial charge in [-0.1, -0.05) is 6.07 Å². The van der Waals surface area contributed by atoms with Crippen molar-refractivity contribution in [1.29, 1.82) is 0 Å². The Balaban J connectivity index is 1.51. The molecule has 1 aromatic heterocycles. The summed E-state index contributed by atoms with van der Waals surface area (Å²) >= 11 is 0. The van der Waals surface area contributed by atoms with Crippen molar-refractivity contribution in [2.75, 3.05) is 6.54 Å². The van der Waals surface area contributed by atoms with Gasteiger partial charge in [-0.2, -0.15) is 0 Å². The molecule has 0 unspecified atom stereocenters. The first-order valence-corrected chi connectivity index (χ1v) is 9.62. The molecule has 1 aliphatic heterocycles. The van der Waals surface area contributed by atoms with Crippen LogP contribution < -0.4 is 10.5 Å². The minimum atomic E-state index is -0.578. The minimum Gasteiger partial charge on any atom is -0.457 e. The number of amides is 2. The van der Waals surface area contributed by atoms with E-state index in [4.69, 9.17) is 10.5 Å². The smallest absolute Gasteiger partial charge is 0.273 e. The van der Waals surface area contributed by atoms with E-state index in [1.54, 1.807) is 36.4 Å². The number of hydrogen-bond donors (Lipinski definition) is 1. The Hall–Kier alpha value is -3.74. The van der Waals surface area contributed by atoms with Gasteiger partial charge < -0.3 is 15.4 Å². The van der Waals surface area contributed by atoms with Gasteiger partial charge in [-0.15, -0.1) is 0 Å². The van der Waals surface area contributed by atoms with E-state index in [0.29, 0.717) is 30.2 Å². The van der Waals surface area contributed by atoms with Crippen LogP contribution in [0.25, 0.3) is 11.3 Å². The number of ether oxygens (including phenoxy) is 1. The maximum Gasteiger partial charge on any atom is 0.273 e. The van der Waals surface area contributed by atoms with Gasteiger partial charge in [-0.05, 0) is 73.5 Å². The first-order valence-electron chi connectivity index (χ1n) is 9.62. The Morgan fingerprint density at radius 3 is 2.33 bits per heavy atom. The van der Waals surface area contributed by atoms with Gasteiger partial charge in [0.15, 0.2) is 0 Å². The molecular weight excluding hydrogens is 385 g/mol. The molecule has 2 heterocycles. The number of hydrogen-bond acceptors (Lipinski definition) is 4. The summed E-state index contributed by atoms with van der Waals surface area (Å²) in [7, 11) is 0. The predicted molar refractivity (Wildman–Crippen MR) is 109 cm³/mol. The van der Waals surface area contributed by atoms with E-state index in [9.17, 15) is 14.0 Å². The van der Waals surface area contributed by atoms with Crippen LogP contribution in [0.1, 0.15) is 23.3 Å². The van der Waals surface area contributed by atoms with Crippen LogP contribution in [-0.2, 0) is 4.79 Å². The van der Waals surface area contributed by atoms with Crippen LogP contribution in [0.2, 0.25) is 0 Å². The van der Waals surface area contributed by atoms with Gasteiger partial charge in [0.05, 0.1) is 5.69 Å². The van der Waals surface area contributed by atoms with Crippen molar-refractivity contribution in [3.05, 3.63) is 78.2 Å². The standard InChI is InChI=1S/C23H20FN3O3/c24-16-8-12-18(13-9-16)30-17-10-6-15(7-11-17)19-3-1-4-20(26-19)23(29)27-14-2-5-21(27)22(25)28/h1,3-4,6-13,21H,2,5,14H2,(H2,25,28)/t21-/m0/s1. The molecule has 0 radical (unpaired) electrons. The van der Waals surface area contributed by atoms with Gasteiger partial charge >= 0.3 is 0 Å². The highest BCUT2D eigenvalue weighted by molar-refractivity contribution is 5.96. The molecule has 4 rings (SSSR count). The lowest BCUT2D eigenvalue weighted by Gasteiger charge is -2.21. The second kappa shape index (κ2) is 8.32. The molecular formula is C23H20FN3O3. The monoisotopic (exact) mass is 405 g/mol. The van der Waals surface area contributed by atoms with E-state index in [2.05, 4.69) is 4.98 Å². The molecule has 0 saturated carbocycles. The molecule has 1 saturated heterocycles. The van der Waals surface area contributed by atoms with Gasteiger partial charge in [0, 0.05) is 12.1 Å². The van der Waals surface area contributed by atoms with E-state index >= 15 is 0 Å². The number of likely N-dealkylation sites (tertiary alicyclic amines) is 1. The molecule has 0 bridgehead atoms. The Bertz CT molecular complexity index is 1070. The summed E-state index contributed by atoms with van der Waals surface area (Å²) in [5, 5.41) is 0. The van der Waals surface area contributed by atoms with Gasteiger partial charge in [-0.25, -0.2) is 9.37 Å². The number of pyridine rings is 1. The van der Waals surface area contributed by atoms with E-state index in [1.165, 1.54) is 17.0 Å². The Labute approximate surface area is 173 Å². The fourth-order valence-electron chi connectivity index (χ4n) is 3.50. The lowest BCUT2D eigenvalue weighted by atomic mass is 10.1. The van der Waals surface area contributed by atoms with Crippen LogP contribution >= 0.6 is 0 Å². The van der Waals surface area contributed by atoms with Crippen molar-refractivity contribution in [3.63, 3.8) is 0 Å². The fourth-order valence-corrected chi connectivity index (χ4v) is 3.50. The maximum atomic E-state index is 13.0. The van der Waals surface area contributed by atoms with E-state index in [1.807, 2.05) is 18.2 Å². The van der Waals surface area contributed by atoms with Crippen LogP contribution in [0.5, 0.6) is 11.5 Å². The summed E-state index contributed by atoms with van der Waals surface area (Å²) in [5.41, 5.74) is 7.13. The van der Waals surface area contributed by atoms with Gasteiger partial charge in [0.1, 0.15) is 29.1 Å². The fraction of sp³-hybridized carbons (Fsp3) is 0.174. The van der Waals surface area contributed by atoms with Crippen molar-refractivity contribution in [1.82, 2.24) is 9.88 Å². The quantitative estimate of drug-likeness (QED) is 0.700. The highest BCUT2D eigenvalue weighted by atomic mass is 19.1. The number of carbonyl (C=O) groups is 2. The van der Waals surface area contributed by atoms with Crippen LogP contribution in [0, 0.1) is 5.82 Å². The first kappa shape index (κ1) is 19.6. The van der Waals surface area contributed by atoms with Crippen molar-refractivity contribution in [3.8, 4) is 22.8 Å². The number of nitrogens with two attached hydrogens (primary N) is 1. The van der Waals surface area contributed by atoms with Crippen LogP contribution in [0.4, 0.5) is 4.39 Å². The zero-order valence-corrected chi connectivity index (χ0v) is 16.1. The summed E-state index contributed by atoms with van der Waals surface area (Å²) in [6.07, 6.45) is 1.32.